The van der Waals surface area contributed by atoms with Gasteiger partial charge in [-0.05, 0) is 13.8 Å². The number of carbonyl (C=O) groups excluding carboxylic acids is 2. The maximum absolute atomic E-state index is 11.7. The Labute approximate surface area is 88.3 Å². The molecule has 1 rings (SSSR count). The van der Waals surface area contributed by atoms with Crippen LogP contribution >= 0.6 is 0 Å². The van der Waals surface area contributed by atoms with Gasteiger partial charge in [0.15, 0.2) is 0 Å². The zero-order valence-electron chi connectivity index (χ0n) is 9.11. The Balaban J connectivity index is 2.90. The van der Waals surface area contributed by atoms with Crippen molar-refractivity contribution in [2.45, 2.75) is 19.9 Å². The molecule has 15 heavy (non-hydrogen) atoms. The van der Waals surface area contributed by atoms with Crippen molar-refractivity contribution >= 4 is 11.8 Å². The largest absolute Gasteiger partial charge is 0.394 e. The third-order valence-corrected chi connectivity index (χ3v) is 2.58. The molecule has 2 amide bonds. The number of amides is 2. The average molecular weight is 213 g/mol. The number of rotatable bonds is 4. The molecule has 5 nitrogen and oxygen atoms in total. The van der Waals surface area contributed by atoms with Crippen molar-refractivity contribution in [3.63, 3.8) is 0 Å². The Kier molecular flexibility index (Phi) is 3.60. The van der Waals surface area contributed by atoms with Crippen molar-refractivity contribution in [2.24, 2.45) is 0 Å². The molecule has 84 valence electrons. The molecule has 0 radical (unpaired) electrons. The first-order chi connectivity index (χ1) is 7.04. The second kappa shape index (κ2) is 4.55. The lowest BCUT2D eigenvalue weighted by molar-refractivity contribution is -0.142. The summed E-state index contributed by atoms with van der Waals surface area (Å²) in [5, 5.41) is 9.08. The molecule has 1 unspecified atom stereocenters. The summed E-state index contributed by atoms with van der Waals surface area (Å²) >= 11 is 0. The summed E-state index contributed by atoms with van der Waals surface area (Å²) < 4.78 is 4.85. The maximum Gasteiger partial charge on any atom is 0.257 e. The van der Waals surface area contributed by atoms with Gasteiger partial charge >= 0.3 is 0 Å². The standard InChI is InChI=1S/C10H15NO4/c1-6-7(2)10(14)11(9(6)13)8(4-12)5-15-3/h8,12H,4-5H2,1-3H3. The average Bonchev–Trinajstić information content (AvgIpc) is 2.41. The van der Waals surface area contributed by atoms with Crippen LogP contribution in [0.2, 0.25) is 0 Å². The van der Waals surface area contributed by atoms with E-state index in [0.29, 0.717) is 11.1 Å². The Bertz CT molecular complexity index is 297. The second-order valence-corrected chi connectivity index (χ2v) is 3.52. The minimum Gasteiger partial charge on any atom is -0.394 e. The number of carbonyl (C=O) groups is 2. The highest BCUT2D eigenvalue weighted by atomic mass is 16.5. The maximum atomic E-state index is 11.7. The van der Waals surface area contributed by atoms with Crippen molar-refractivity contribution in [3.8, 4) is 0 Å². The molecular formula is C10H15NO4. The van der Waals surface area contributed by atoms with Crippen molar-refractivity contribution in [1.29, 1.82) is 0 Å². The lowest BCUT2D eigenvalue weighted by Crippen LogP contribution is -2.45. The molecule has 0 spiro atoms. The number of aliphatic hydroxyl groups is 1. The Hall–Kier alpha value is -1.20. The predicted molar refractivity (Wildman–Crippen MR) is 53.0 cm³/mol. The first-order valence-electron chi connectivity index (χ1n) is 4.69. The molecule has 1 N–H and O–H groups in total. The first-order valence-corrected chi connectivity index (χ1v) is 4.69. The van der Waals surface area contributed by atoms with E-state index in [1.165, 1.54) is 7.11 Å². The van der Waals surface area contributed by atoms with Crippen LogP contribution in [-0.2, 0) is 14.3 Å². The summed E-state index contributed by atoms with van der Waals surface area (Å²) in [6.07, 6.45) is 0. The summed E-state index contributed by atoms with van der Waals surface area (Å²) in [6.45, 7) is 3.08. The van der Waals surface area contributed by atoms with E-state index in [9.17, 15) is 9.59 Å². The van der Waals surface area contributed by atoms with Gasteiger partial charge in [0.25, 0.3) is 11.8 Å². The van der Waals surface area contributed by atoms with Gasteiger partial charge in [-0.25, -0.2) is 0 Å². The molecule has 5 heteroatoms. The summed E-state index contributed by atoms with van der Waals surface area (Å²) in [4.78, 5) is 24.4. The predicted octanol–water partition coefficient (Wildman–Crippen LogP) is -0.301. The normalized spacial score (nSPS) is 19.1. The number of aliphatic hydroxyl groups excluding tert-OH is 1. The molecule has 1 aliphatic heterocycles. The van der Waals surface area contributed by atoms with E-state index >= 15 is 0 Å². The highest BCUT2D eigenvalue weighted by molar-refractivity contribution is 6.19. The smallest absolute Gasteiger partial charge is 0.257 e. The van der Waals surface area contributed by atoms with Gasteiger partial charge < -0.3 is 9.84 Å². The summed E-state index contributed by atoms with van der Waals surface area (Å²) in [6, 6.07) is -0.595. The van der Waals surface area contributed by atoms with E-state index < -0.39 is 6.04 Å². The lowest BCUT2D eigenvalue weighted by atomic mass is 10.2. The summed E-state index contributed by atoms with van der Waals surface area (Å²) in [5.41, 5.74) is 0.879. The van der Waals surface area contributed by atoms with E-state index in [1.807, 2.05) is 0 Å². The van der Waals surface area contributed by atoms with Crippen LogP contribution in [0, 0.1) is 0 Å². The van der Waals surface area contributed by atoms with Gasteiger partial charge in [0.2, 0.25) is 0 Å². The van der Waals surface area contributed by atoms with E-state index in [0.717, 1.165) is 4.90 Å². The molecular weight excluding hydrogens is 198 g/mol. The molecule has 1 heterocycles. The first kappa shape index (κ1) is 11.9. The fourth-order valence-corrected chi connectivity index (χ4v) is 1.51. The van der Waals surface area contributed by atoms with Crippen molar-refractivity contribution < 1.29 is 19.4 Å². The summed E-state index contributed by atoms with van der Waals surface area (Å²) in [7, 11) is 1.46. The van der Waals surface area contributed by atoms with E-state index in [-0.39, 0.29) is 25.0 Å². The third kappa shape index (κ3) is 1.93. The molecule has 0 aromatic heterocycles. The van der Waals surface area contributed by atoms with Crippen LogP contribution in [-0.4, -0.2) is 48.2 Å². The van der Waals surface area contributed by atoms with Crippen LogP contribution in [0.3, 0.4) is 0 Å². The number of hydrogen-bond acceptors (Lipinski definition) is 4. The van der Waals surface area contributed by atoms with Gasteiger partial charge in [0.05, 0.1) is 19.3 Å². The minimum absolute atomic E-state index is 0.147. The topological polar surface area (TPSA) is 66.8 Å². The molecule has 0 bridgehead atoms. The van der Waals surface area contributed by atoms with Gasteiger partial charge in [-0.3, -0.25) is 14.5 Å². The fourth-order valence-electron chi connectivity index (χ4n) is 1.51. The highest BCUT2D eigenvalue weighted by Gasteiger charge is 2.37. The zero-order chi connectivity index (χ0) is 11.6. The van der Waals surface area contributed by atoms with Crippen LogP contribution in [0.4, 0.5) is 0 Å². The van der Waals surface area contributed by atoms with Gasteiger partial charge in [-0.2, -0.15) is 0 Å². The number of ether oxygens (including phenoxy) is 1. The SMILES string of the molecule is COCC(CO)N1C(=O)C(C)=C(C)C1=O. The van der Waals surface area contributed by atoms with Crippen LogP contribution in [0.25, 0.3) is 0 Å². The Morgan fingerprint density at radius 3 is 2.07 bits per heavy atom. The monoisotopic (exact) mass is 213 g/mol. The summed E-state index contributed by atoms with van der Waals surface area (Å²) in [5.74, 6) is -0.679. The van der Waals surface area contributed by atoms with Gasteiger partial charge in [0, 0.05) is 18.3 Å². The van der Waals surface area contributed by atoms with Crippen LogP contribution in [0.1, 0.15) is 13.8 Å². The molecule has 1 aliphatic rings. The number of nitrogens with zero attached hydrogens (tertiary/aromatic N) is 1. The molecule has 0 fully saturated rings. The van der Waals surface area contributed by atoms with Gasteiger partial charge in [-0.1, -0.05) is 0 Å². The molecule has 0 aromatic rings. The van der Waals surface area contributed by atoms with Crippen LogP contribution < -0.4 is 0 Å². The van der Waals surface area contributed by atoms with Crippen LogP contribution in [0.15, 0.2) is 11.1 Å². The number of hydrogen-bond donors (Lipinski definition) is 1. The fraction of sp³-hybridized carbons (Fsp3) is 0.600. The minimum atomic E-state index is -0.595. The van der Waals surface area contributed by atoms with Crippen molar-refractivity contribution in [3.05, 3.63) is 11.1 Å². The molecule has 1 atom stereocenters. The molecule has 0 saturated carbocycles. The molecule has 0 aromatic carbocycles. The van der Waals surface area contributed by atoms with Crippen LogP contribution in [0.5, 0.6) is 0 Å². The van der Waals surface area contributed by atoms with Gasteiger partial charge in [0.1, 0.15) is 0 Å². The molecule has 0 saturated heterocycles. The third-order valence-electron chi connectivity index (χ3n) is 2.58. The number of methoxy groups -OCH3 is 1. The van der Waals surface area contributed by atoms with Crippen molar-refractivity contribution in [2.75, 3.05) is 20.3 Å². The Morgan fingerprint density at radius 1 is 1.27 bits per heavy atom. The van der Waals surface area contributed by atoms with E-state index in [1.54, 1.807) is 13.8 Å². The molecule has 0 aliphatic carbocycles. The Morgan fingerprint density at radius 2 is 1.73 bits per heavy atom. The van der Waals surface area contributed by atoms with Gasteiger partial charge in [-0.15, -0.1) is 0 Å². The highest BCUT2D eigenvalue weighted by Crippen LogP contribution is 2.21. The van der Waals surface area contributed by atoms with Crippen molar-refractivity contribution in [1.82, 2.24) is 4.90 Å². The number of imide groups is 1. The lowest BCUT2D eigenvalue weighted by Gasteiger charge is -2.24. The van der Waals surface area contributed by atoms with E-state index in [4.69, 9.17) is 9.84 Å². The quantitative estimate of drug-likeness (QED) is 0.651. The zero-order valence-corrected chi connectivity index (χ0v) is 9.11. The van der Waals surface area contributed by atoms with E-state index in [2.05, 4.69) is 0 Å². The second-order valence-electron chi connectivity index (χ2n) is 3.52.